The van der Waals surface area contributed by atoms with Crippen LogP contribution in [0.2, 0.25) is 0 Å². The topological polar surface area (TPSA) is 54.3 Å². The molecule has 0 aliphatic carbocycles. The van der Waals surface area contributed by atoms with Crippen LogP contribution in [0, 0.1) is 0 Å². The minimum Gasteiger partial charge on any atom is -0.375 e. The van der Waals surface area contributed by atoms with Crippen molar-refractivity contribution in [2.75, 3.05) is 25.5 Å². The van der Waals surface area contributed by atoms with Gasteiger partial charge in [-0.05, 0) is 55.3 Å². The van der Waals surface area contributed by atoms with E-state index in [9.17, 15) is 4.79 Å². The molecule has 6 heteroatoms. The number of nitrogens with zero attached hydrogens (tertiary/aromatic N) is 5. The van der Waals surface area contributed by atoms with Crippen molar-refractivity contribution in [3.63, 3.8) is 0 Å². The first-order valence-corrected chi connectivity index (χ1v) is 9.54. The number of rotatable bonds is 7. The second kappa shape index (κ2) is 8.69. The zero-order valence-corrected chi connectivity index (χ0v) is 16.9. The van der Waals surface area contributed by atoms with Crippen LogP contribution in [0.1, 0.15) is 42.2 Å². The summed E-state index contributed by atoms with van der Waals surface area (Å²) >= 11 is 0. The third-order valence-corrected chi connectivity index (χ3v) is 5.07. The maximum absolute atomic E-state index is 12.9. The zero-order chi connectivity index (χ0) is 20.1. The molecule has 0 aliphatic rings. The van der Waals surface area contributed by atoms with Crippen LogP contribution < -0.4 is 4.90 Å². The van der Waals surface area contributed by atoms with E-state index in [2.05, 4.69) is 29.0 Å². The highest BCUT2D eigenvalue weighted by atomic mass is 16.2. The molecular formula is C22H27N5O. The van der Waals surface area contributed by atoms with E-state index in [0.717, 1.165) is 29.9 Å². The smallest absolute Gasteiger partial charge is 0.254 e. The average molecular weight is 377 g/mol. The van der Waals surface area contributed by atoms with E-state index in [1.165, 1.54) is 6.33 Å². The molecule has 0 fully saturated rings. The van der Waals surface area contributed by atoms with Gasteiger partial charge >= 0.3 is 0 Å². The summed E-state index contributed by atoms with van der Waals surface area (Å²) in [6.45, 7) is 5.18. The summed E-state index contributed by atoms with van der Waals surface area (Å²) in [4.78, 5) is 20.8. The Balaban J connectivity index is 1.70. The minimum atomic E-state index is -0.0419. The number of anilines is 1. The predicted octanol–water partition coefficient (Wildman–Crippen LogP) is 3.95. The summed E-state index contributed by atoms with van der Waals surface area (Å²) in [5, 5.41) is 4.13. The molecule has 0 N–H and O–H groups in total. The Morgan fingerprint density at radius 1 is 1.07 bits per heavy atom. The van der Waals surface area contributed by atoms with Gasteiger partial charge in [0.2, 0.25) is 0 Å². The molecule has 6 nitrogen and oxygen atoms in total. The molecule has 0 aliphatic heterocycles. The molecule has 0 spiro atoms. The fraction of sp³-hybridized carbons (Fsp3) is 0.318. The molecule has 2 aromatic carbocycles. The van der Waals surface area contributed by atoms with Gasteiger partial charge in [-0.1, -0.05) is 19.1 Å². The van der Waals surface area contributed by atoms with Crippen molar-refractivity contribution in [1.82, 2.24) is 19.7 Å². The van der Waals surface area contributed by atoms with E-state index in [4.69, 9.17) is 0 Å². The van der Waals surface area contributed by atoms with Crippen molar-refractivity contribution in [1.29, 1.82) is 0 Å². The van der Waals surface area contributed by atoms with Crippen LogP contribution in [0.25, 0.3) is 5.69 Å². The quantitative estimate of drug-likeness (QED) is 0.626. The molecule has 28 heavy (non-hydrogen) atoms. The van der Waals surface area contributed by atoms with Gasteiger partial charge in [0.25, 0.3) is 5.91 Å². The highest BCUT2D eigenvalue weighted by Crippen LogP contribution is 2.23. The first kappa shape index (κ1) is 19.6. The van der Waals surface area contributed by atoms with Crippen LogP contribution in [0.4, 0.5) is 5.69 Å². The molecular weight excluding hydrogens is 350 g/mol. The van der Waals surface area contributed by atoms with E-state index in [0.29, 0.717) is 5.56 Å². The van der Waals surface area contributed by atoms with E-state index in [-0.39, 0.29) is 11.9 Å². The normalized spacial score (nSPS) is 11.9. The molecule has 0 bridgehead atoms. The zero-order valence-electron chi connectivity index (χ0n) is 16.9. The number of amides is 1. The van der Waals surface area contributed by atoms with Crippen molar-refractivity contribution in [3.05, 3.63) is 72.3 Å². The Hall–Kier alpha value is -3.15. The van der Waals surface area contributed by atoms with Gasteiger partial charge in [-0.25, -0.2) is 9.67 Å². The molecule has 1 unspecified atom stereocenters. The Kier molecular flexibility index (Phi) is 6.09. The maximum atomic E-state index is 12.9. The first-order chi connectivity index (χ1) is 13.5. The lowest BCUT2D eigenvalue weighted by atomic mass is 10.1. The summed E-state index contributed by atoms with van der Waals surface area (Å²) in [5.74, 6) is 0.0116. The van der Waals surface area contributed by atoms with Crippen LogP contribution >= 0.6 is 0 Å². The lowest BCUT2D eigenvalue weighted by molar-refractivity contribution is 0.0742. The molecule has 0 radical (unpaired) electrons. The molecule has 3 rings (SSSR count). The Morgan fingerprint density at radius 2 is 1.75 bits per heavy atom. The standard InChI is InChI=1S/C22H27N5O/c1-5-14-25(3)20-10-8-19(9-11-20)22(28)26(4)17(2)18-6-12-21(13-7-18)27-16-23-15-24-27/h6-13,15-17H,5,14H2,1-4H3. The lowest BCUT2D eigenvalue weighted by Gasteiger charge is -2.26. The predicted molar refractivity (Wildman–Crippen MR) is 112 cm³/mol. The Labute approximate surface area is 166 Å². The lowest BCUT2D eigenvalue weighted by Crippen LogP contribution is -2.29. The highest BCUT2D eigenvalue weighted by Gasteiger charge is 2.19. The molecule has 3 aromatic rings. The molecule has 1 aromatic heterocycles. The van der Waals surface area contributed by atoms with Crippen LogP contribution in [0.3, 0.4) is 0 Å². The van der Waals surface area contributed by atoms with Crippen LogP contribution in [-0.2, 0) is 0 Å². The average Bonchev–Trinajstić information content (AvgIpc) is 3.27. The molecule has 1 atom stereocenters. The van der Waals surface area contributed by atoms with Crippen molar-refractivity contribution in [2.24, 2.45) is 0 Å². The number of hydrogen-bond donors (Lipinski definition) is 0. The summed E-state index contributed by atoms with van der Waals surface area (Å²) < 4.78 is 1.71. The fourth-order valence-corrected chi connectivity index (χ4v) is 3.17. The van der Waals surface area contributed by atoms with E-state index in [1.807, 2.05) is 62.5 Å². The van der Waals surface area contributed by atoms with Crippen molar-refractivity contribution >= 4 is 11.6 Å². The van der Waals surface area contributed by atoms with Crippen molar-refractivity contribution < 1.29 is 4.79 Å². The van der Waals surface area contributed by atoms with Gasteiger partial charge < -0.3 is 9.80 Å². The highest BCUT2D eigenvalue weighted by molar-refractivity contribution is 5.94. The number of hydrogen-bond acceptors (Lipinski definition) is 4. The summed E-state index contributed by atoms with van der Waals surface area (Å²) in [5.41, 5.74) is 3.83. The fourth-order valence-electron chi connectivity index (χ4n) is 3.17. The van der Waals surface area contributed by atoms with E-state index in [1.54, 1.807) is 15.9 Å². The Morgan fingerprint density at radius 3 is 2.32 bits per heavy atom. The monoisotopic (exact) mass is 377 g/mol. The van der Waals surface area contributed by atoms with Crippen LogP contribution in [0.15, 0.2) is 61.2 Å². The third kappa shape index (κ3) is 4.22. The van der Waals surface area contributed by atoms with Crippen LogP contribution in [0.5, 0.6) is 0 Å². The molecule has 1 heterocycles. The van der Waals surface area contributed by atoms with Gasteiger partial charge in [0.15, 0.2) is 0 Å². The van der Waals surface area contributed by atoms with Crippen LogP contribution in [-0.4, -0.2) is 46.2 Å². The number of aromatic nitrogens is 3. The summed E-state index contributed by atoms with van der Waals surface area (Å²) in [6.07, 6.45) is 4.26. The SMILES string of the molecule is CCCN(C)c1ccc(C(=O)N(C)C(C)c2ccc(-n3cncn3)cc2)cc1. The van der Waals surface area contributed by atoms with Gasteiger partial charge in [0, 0.05) is 31.9 Å². The van der Waals surface area contributed by atoms with E-state index >= 15 is 0 Å². The molecule has 146 valence electrons. The Bertz CT molecular complexity index is 888. The van der Waals surface area contributed by atoms with Gasteiger partial charge in [-0.3, -0.25) is 4.79 Å². The van der Waals surface area contributed by atoms with Crippen molar-refractivity contribution in [2.45, 2.75) is 26.3 Å². The van der Waals surface area contributed by atoms with Gasteiger partial charge in [0.1, 0.15) is 12.7 Å². The minimum absolute atomic E-state index is 0.0116. The number of benzene rings is 2. The summed E-state index contributed by atoms with van der Waals surface area (Å²) in [7, 11) is 3.91. The van der Waals surface area contributed by atoms with E-state index < -0.39 is 0 Å². The molecule has 0 saturated heterocycles. The first-order valence-electron chi connectivity index (χ1n) is 9.54. The number of carbonyl (C=O) groups is 1. The molecule has 1 amide bonds. The number of carbonyl (C=O) groups excluding carboxylic acids is 1. The second-order valence-electron chi connectivity index (χ2n) is 6.99. The third-order valence-electron chi connectivity index (χ3n) is 5.07. The van der Waals surface area contributed by atoms with Crippen molar-refractivity contribution in [3.8, 4) is 5.69 Å². The van der Waals surface area contributed by atoms with Gasteiger partial charge in [-0.15, -0.1) is 0 Å². The second-order valence-corrected chi connectivity index (χ2v) is 6.99. The molecule has 0 saturated carbocycles. The van der Waals surface area contributed by atoms with Gasteiger partial charge in [-0.2, -0.15) is 5.10 Å². The summed E-state index contributed by atoms with van der Waals surface area (Å²) in [6, 6.07) is 15.8. The maximum Gasteiger partial charge on any atom is 0.254 e. The largest absolute Gasteiger partial charge is 0.375 e. The van der Waals surface area contributed by atoms with Gasteiger partial charge in [0.05, 0.1) is 11.7 Å².